The van der Waals surface area contributed by atoms with Crippen LogP contribution >= 0.6 is 0 Å². The molecule has 1 aromatic rings. The van der Waals surface area contributed by atoms with Gasteiger partial charge < -0.3 is 16.0 Å². The van der Waals surface area contributed by atoms with Crippen LogP contribution in [0.25, 0.3) is 0 Å². The molecule has 116 valence electrons. The number of rotatable bonds is 4. The maximum Gasteiger partial charge on any atom is 0.0373 e. The van der Waals surface area contributed by atoms with E-state index in [0.717, 1.165) is 6.54 Å². The Hall–Kier alpha value is -1.22. The van der Waals surface area contributed by atoms with E-state index in [1.165, 1.54) is 68.6 Å². The van der Waals surface area contributed by atoms with Gasteiger partial charge in [-0.3, -0.25) is 0 Å². The fourth-order valence-corrected chi connectivity index (χ4v) is 3.86. The predicted octanol–water partition coefficient (Wildman–Crippen LogP) is 3.52. The summed E-state index contributed by atoms with van der Waals surface area (Å²) in [6.07, 6.45) is 7.87. The van der Waals surface area contributed by atoms with Crippen molar-refractivity contribution in [1.82, 2.24) is 0 Å². The van der Waals surface area contributed by atoms with E-state index < -0.39 is 0 Å². The molecule has 1 aliphatic heterocycles. The highest BCUT2D eigenvalue weighted by Crippen LogP contribution is 2.30. The van der Waals surface area contributed by atoms with Gasteiger partial charge in [0.05, 0.1) is 0 Å². The molecule has 0 amide bonds. The quantitative estimate of drug-likeness (QED) is 0.890. The van der Waals surface area contributed by atoms with Crippen molar-refractivity contribution in [3.05, 3.63) is 23.8 Å². The van der Waals surface area contributed by atoms with Crippen molar-refractivity contribution in [2.75, 3.05) is 29.9 Å². The molecule has 3 rings (SSSR count). The molecule has 3 nitrogen and oxygen atoms in total. The van der Waals surface area contributed by atoms with Crippen molar-refractivity contribution >= 4 is 11.4 Å². The van der Waals surface area contributed by atoms with Crippen molar-refractivity contribution in [1.29, 1.82) is 0 Å². The van der Waals surface area contributed by atoms with E-state index in [-0.39, 0.29) is 0 Å². The van der Waals surface area contributed by atoms with Gasteiger partial charge in [0.1, 0.15) is 0 Å². The summed E-state index contributed by atoms with van der Waals surface area (Å²) in [6.45, 7) is 5.46. The van der Waals surface area contributed by atoms with Crippen LogP contribution in [-0.2, 0) is 0 Å². The van der Waals surface area contributed by atoms with Gasteiger partial charge in [-0.25, -0.2) is 0 Å². The Labute approximate surface area is 128 Å². The molecule has 2 atom stereocenters. The number of anilines is 2. The lowest BCUT2D eigenvalue weighted by Gasteiger charge is -2.32. The van der Waals surface area contributed by atoms with Crippen LogP contribution in [-0.4, -0.2) is 25.7 Å². The molecular formula is C18H29N3. The summed E-state index contributed by atoms with van der Waals surface area (Å²) in [5.74, 6) is 0.636. The van der Waals surface area contributed by atoms with Gasteiger partial charge in [0, 0.05) is 30.5 Å². The maximum absolute atomic E-state index is 5.95. The third-order valence-electron chi connectivity index (χ3n) is 5.23. The molecule has 0 radical (unpaired) electrons. The van der Waals surface area contributed by atoms with E-state index >= 15 is 0 Å². The third-order valence-corrected chi connectivity index (χ3v) is 5.23. The lowest BCUT2D eigenvalue weighted by atomic mass is 9.84. The molecule has 0 bridgehead atoms. The lowest BCUT2D eigenvalue weighted by Crippen LogP contribution is -2.36. The zero-order valence-corrected chi connectivity index (χ0v) is 13.3. The Bertz CT molecular complexity index is 466. The van der Waals surface area contributed by atoms with Crippen molar-refractivity contribution in [3.63, 3.8) is 0 Å². The molecule has 0 spiro atoms. The van der Waals surface area contributed by atoms with Crippen molar-refractivity contribution in [2.24, 2.45) is 11.7 Å². The van der Waals surface area contributed by atoms with Gasteiger partial charge in [0.2, 0.25) is 0 Å². The number of hydrogen-bond donors (Lipinski definition) is 2. The van der Waals surface area contributed by atoms with Gasteiger partial charge in [-0.15, -0.1) is 0 Å². The lowest BCUT2D eigenvalue weighted by molar-refractivity contribution is 0.332. The minimum absolute atomic E-state index is 0.556. The van der Waals surface area contributed by atoms with Crippen molar-refractivity contribution in [2.45, 2.75) is 51.5 Å². The Balaban J connectivity index is 1.70. The summed E-state index contributed by atoms with van der Waals surface area (Å²) in [5, 5.41) is 3.77. The van der Waals surface area contributed by atoms with Gasteiger partial charge in [0.15, 0.2) is 0 Å². The van der Waals surface area contributed by atoms with Crippen LogP contribution in [0.3, 0.4) is 0 Å². The zero-order chi connectivity index (χ0) is 14.7. The molecule has 1 heterocycles. The highest BCUT2D eigenvalue weighted by Gasteiger charge is 2.24. The number of nitrogens with two attached hydrogens (primary N) is 1. The van der Waals surface area contributed by atoms with Crippen LogP contribution in [0.4, 0.5) is 11.4 Å². The molecule has 2 aliphatic rings. The smallest absolute Gasteiger partial charge is 0.0373 e. The molecule has 2 fully saturated rings. The number of hydrogen-bond acceptors (Lipinski definition) is 3. The molecule has 0 aromatic heterocycles. The van der Waals surface area contributed by atoms with Crippen molar-refractivity contribution < 1.29 is 0 Å². The molecule has 3 heteroatoms. The second-order valence-corrected chi connectivity index (χ2v) is 6.72. The van der Waals surface area contributed by atoms with Crippen LogP contribution < -0.4 is 16.0 Å². The minimum Gasteiger partial charge on any atom is -0.382 e. The number of nitrogens with zero attached hydrogens (tertiary/aromatic N) is 1. The normalized spacial score (nSPS) is 26.1. The van der Waals surface area contributed by atoms with E-state index in [0.29, 0.717) is 12.0 Å². The summed E-state index contributed by atoms with van der Waals surface area (Å²) >= 11 is 0. The molecule has 1 aromatic carbocycles. The van der Waals surface area contributed by atoms with Crippen LogP contribution in [0.15, 0.2) is 18.2 Å². The van der Waals surface area contributed by atoms with Crippen LogP contribution in [0.2, 0.25) is 0 Å². The molecule has 1 saturated carbocycles. The van der Waals surface area contributed by atoms with Gasteiger partial charge >= 0.3 is 0 Å². The predicted molar refractivity (Wildman–Crippen MR) is 91.0 cm³/mol. The Morgan fingerprint density at radius 1 is 1.14 bits per heavy atom. The highest BCUT2D eigenvalue weighted by atomic mass is 15.1. The average molecular weight is 287 g/mol. The Morgan fingerprint density at radius 2 is 1.90 bits per heavy atom. The maximum atomic E-state index is 5.95. The van der Waals surface area contributed by atoms with Gasteiger partial charge in [0.25, 0.3) is 0 Å². The zero-order valence-electron chi connectivity index (χ0n) is 13.3. The Kier molecular flexibility index (Phi) is 4.69. The minimum atomic E-state index is 0.556. The van der Waals surface area contributed by atoms with Gasteiger partial charge in [-0.1, -0.05) is 12.8 Å². The van der Waals surface area contributed by atoms with E-state index in [1.807, 2.05) is 0 Å². The number of aryl methyl sites for hydroxylation is 1. The fourth-order valence-electron chi connectivity index (χ4n) is 3.86. The largest absolute Gasteiger partial charge is 0.382 e. The summed E-state index contributed by atoms with van der Waals surface area (Å²) in [5.41, 5.74) is 9.99. The van der Waals surface area contributed by atoms with Crippen molar-refractivity contribution in [3.8, 4) is 0 Å². The first kappa shape index (κ1) is 14.7. The first-order valence-corrected chi connectivity index (χ1v) is 8.60. The molecule has 2 unspecified atom stereocenters. The summed E-state index contributed by atoms with van der Waals surface area (Å²) in [4.78, 5) is 2.50. The van der Waals surface area contributed by atoms with E-state index in [4.69, 9.17) is 5.73 Å². The second-order valence-electron chi connectivity index (χ2n) is 6.72. The van der Waals surface area contributed by atoms with Gasteiger partial charge in [-0.2, -0.15) is 0 Å². The Morgan fingerprint density at radius 3 is 2.62 bits per heavy atom. The molecule has 3 N–H and O–H groups in total. The standard InChI is InChI=1S/C18H29N3/c1-14-12-16(21-10-4-5-11-21)8-9-17(14)20-18-7-3-2-6-15(18)13-19/h8-9,12,15,18,20H,2-7,10-11,13,19H2,1H3. The van der Waals surface area contributed by atoms with Gasteiger partial charge in [-0.05, 0) is 68.8 Å². The first-order chi connectivity index (χ1) is 10.3. The first-order valence-electron chi connectivity index (χ1n) is 8.60. The van der Waals surface area contributed by atoms with E-state index in [2.05, 4.69) is 35.3 Å². The fraction of sp³-hybridized carbons (Fsp3) is 0.667. The summed E-state index contributed by atoms with van der Waals surface area (Å²) in [7, 11) is 0. The average Bonchev–Trinajstić information content (AvgIpc) is 3.04. The van der Waals surface area contributed by atoms with E-state index in [1.54, 1.807) is 0 Å². The molecule has 21 heavy (non-hydrogen) atoms. The molecule has 1 saturated heterocycles. The highest BCUT2D eigenvalue weighted by molar-refractivity contribution is 5.61. The van der Waals surface area contributed by atoms with Crippen LogP contribution in [0, 0.1) is 12.8 Å². The second kappa shape index (κ2) is 6.69. The number of benzene rings is 1. The van der Waals surface area contributed by atoms with Crippen LogP contribution in [0.5, 0.6) is 0 Å². The molecule has 1 aliphatic carbocycles. The summed E-state index contributed by atoms with van der Waals surface area (Å²) in [6, 6.07) is 7.44. The van der Waals surface area contributed by atoms with E-state index in [9.17, 15) is 0 Å². The summed E-state index contributed by atoms with van der Waals surface area (Å²) < 4.78 is 0. The SMILES string of the molecule is Cc1cc(N2CCCC2)ccc1NC1CCCCC1CN. The topological polar surface area (TPSA) is 41.3 Å². The monoisotopic (exact) mass is 287 g/mol. The molecular weight excluding hydrogens is 258 g/mol. The third kappa shape index (κ3) is 3.34. The van der Waals surface area contributed by atoms with Crippen LogP contribution in [0.1, 0.15) is 44.1 Å². The number of nitrogens with one attached hydrogen (secondary N) is 1.